The van der Waals surface area contributed by atoms with E-state index in [2.05, 4.69) is 30.2 Å². The fraction of sp³-hybridized carbons (Fsp3) is 0.400. The van der Waals surface area contributed by atoms with Gasteiger partial charge in [0, 0.05) is 19.0 Å². The van der Waals surface area contributed by atoms with Gasteiger partial charge < -0.3 is 0 Å². The molecule has 0 atom stereocenters. The van der Waals surface area contributed by atoms with E-state index < -0.39 is 0 Å². The molecule has 3 heteroatoms. The van der Waals surface area contributed by atoms with E-state index in [0.29, 0.717) is 0 Å². The first kappa shape index (κ1) is 9.71. The van der Waals surface area contributed by atoms with Crippen molar-refractivity contribution in [3.63, 3.8) is 0 Å². The van der Waals surface area contributed by atoms with E-state index in [4.69, 9.17) is 0 Å². The van der Waals surface area contributed by atoms with Crippen LogP contribution in [0.2, 0.25) is 0 Å². The predicted molar refractivity (Wildman–Crippen MR) is 54.2 cm³/mol. The second-order valence-electron chi connectivity index (χ2n) is 2.95. The molecule has 0 bridgehead atoms. The van der Waals surface area contributed by atoms with E-state index in [1.165, 1.54) is 0 Å². The van der Waals surface area contributed by atoms with Crippen LogP contribution in [-0.2, 0) is 13.5 Å². The summed E-state index contributed by atoms with van der Waals surface area (Å²) in [5.41, 5.74) is 0.817. The van der Waals surface area contributed by atoms with Crippen LogP contribution < -0.4 is 0 Å². The number of aryl methyl sites for hydroxylation is 2. The lowest BCUT2D eigenvalue weighted by Crippen LogP contribution is -1.96. The first-order chi connectivity index (χ1) is 6.19. The topological polar surface area (TPSA) is 30.7 Å². The summed E-state index contributed by atoms with van der Waals surface area (Å²) in [6.45, 7) is 9.60. The lowest BCUT2D eigenvalue weighted by Gasteiger charge is -1.95. The molecule has 3 nitrogen and oxygen atoms in total. The SMILES string of the molecule is C=CC(=C)c1nc(CCC)nn1C. The fourth-order valence-corrected chi connectivity index (χ4v) is 1.14. The van der Waals surface area contributed by atoms with Gasteiger partial charge in [0.25, 0.3) is 0 Å². The van der Waals surface area contributed by atoms with Crippen molar-refractivity contribution in [3.05, 3.63) is 30.9 Å². The van der Waals surface area contributed by atoms with Gasteiger partial charge in [-0.2, -0.15) is 5.10 Å². The third-order valence-electron chi connectivity index (χ3n) is 1.81. The number of aromatic nitrogens is 3. The van der Waals surface area contributed by atoms with Crippen LogP contribution in [0.4, 0.5) is 0 Å². The van der Waals surface area contributed by atoms with Gasteiger partial charge in [0.05, 0.1) is 0 Å². The maximum absolute atomic E-state index is 4.35. The predicted octanol–water partition coefficient (Wildman–Crippen LogP) is 1.97. The van der Waals surface area contributed by atoms with Crippen molar-refractivity contribution in [2.75, 3.05) is 0 Å². The molecule has 0 amide bonds. The zero-order valence-corrected chi connectivity index (χ0v) is 8.25. The average Bonchev–Trinajstić information content (AvgIpc) is 2.46. The van der Waals surface area contributed by atoms with Gasteiger partial charge in [-0.25, -0.2) is 9.67 Å². The van der Waals surface area contributed by atoms with E-state index >= 15 is 0 Å². The smallest absolute Gasteiger partial charge is 0.157 e. The Hall–Kier alpha value is -1.38. The van der Waals surface area contributed by atoms with E-state index in [9.17, 15) is 0 Å². The minimum atomic E-state index is 0.804. The zero-order valence-electron chi connectivity index (χ0n) is 8.25. The molecule has 13 heavy (non-hydrogen) atoms. The maximum Gasteiger partial charge on any atom is 0.157 e. The van der Waals surface area contributed by atoms with Crippen molar-refractivity contribution >= 4 is 5.57 Å². The van der Waals surface area contributed by atoms with Gasteiger partial charge in [-0.1, -0.05) is 26.2 Å². The van der Waals surface area contributed by atoms with E-state index in [1.807, 2.05) is 7.05 Å². The molecule has 0 aliphatic carbocycles. The Morgan fingerprint density at radius 1 is 1.62 bits per heavy atom. The Labute approximate surface area is 78.8 Å². The highest BCUT2D eigenvalue weighted by Gasteiger charge is 2.06. The summed E-state index contributed by atoms with van der Waals surface area (Å²) in [4.78, 5) is 4.35. The number of hydrogen-bond donors (Lipinski definition) is 0. The third kappa shape index (κ3) is 2.05. The van der Waals surface area contributed by atoms with Crippen LogP contribution in [0.5, 0.6) is 0 Å². The average molecular weight is 177 g/mol. The van der Waals surface area contributed by atoms with Gasteiger partial charge in [-0.05, 0) is 6.42 Å². The van der Waals surface area contributed by atoms with Crippen LogP contribution in [-0.4, -0.2) is 14.8 Å². The lowest BCUT2D eigenvalue weighted by atomic mass is 10.3. The van der Waals surface area contributed by atoms with Gasteiger partial charge in [-0.15, -0.1) is 0 Å². The lowest BCUT2D eigenvalue weighted by molar-refractivity contribution is 0.726. The highest BCUT2D eigenvalue weighted by molar-refractivity contribution is 5.66. The molecule has 0 fully saturated rings. The largest absolute Gasteiger partial charge is 0.249 e. The van der Waals surface area contributed by atoms with Crippen LogP contribution in [0, 0.1) is 0 Å². The molecule has 0 N–H and O–H groups in total. The Bertz CT molecular complexity index is 323. The molecular formula is C10H15N3. The van der Waals surface area contributed by atoms with Crippen molar-refractivity contribution in [2.45, 2.75) is 19.8 Å². The van der Waals surface area contributed by atoms with Crippen LogP contribution >= 0.6 is 0 Å². The standard InChI is InChI=1S/C10H15N3/c1-5-7-9-11-10(8(3)6-2)13(4)12-9/h6H,2-3,5,7H2,1,4H3. The molecule has 0 unspecified atom stereocenters. The number of rotatable bonds is 4. The Kier molecular flexibility index (Phi) is 3.01. The molecule has 0 radical (unpaired) electrons. The van der Waals surface area contributed by atoms with Crippen LogP contribution in [0.3, 0.4) is 0 Å². The van der Waals surface area contributed by atoms with Gasteiger partial charge >= 0.3 is 0 Å². The van der Waals surface area contributed by atoms with Crippen LogP contribution in [0.25, 0.3) is 5.57 Å². The molecule has 1 aromatic heterocycles. The Morgan fingerprint density at radius 3 is 2.85 bits per heavy atom. The summed E-state index contributed by atoms with van der Waals surface area (Å²) in [7, 11) is 1.87. The quantitative estimate of drug-likeness (QED) is 0.658. The molecule has 0 aromatic carbocycles. The Morgan fingerprint density at radius 2 is 2.31 bits per heavy atom. The van der Waals surface area contributed by atoms with Crippen molar-refractivity contribution in [1.82, 2.24) is 14.8 Å². The first-order valence-electron chi connectivity index (χ1n) is 4.40. The normalized spacial score (nSPS) is 10.0. The molecule has 1 rings (SSSR count). The van der Waals surface area contributed by atoms with Gasteiger partial charge in [0.1, 0.15) is 0 Å². The number of nitrogens with zero attached hydrogens (tertiary/aromatic N) is 3. The van der Waals surface area contributed by atoms with Crippen LogP contribution in [0.1, 0.15) is 25.0 Å². The van der Waals surface area contributed by atoms with Gasteiger partial charge in [-0.3, -0.25) is 0 Å². The first-order valence-corrected chi connectivity index (χ1v) is 4.40. The molecule has 1 heterocycles. The second kappa shape index (κ2) is 4.03. The summed E-state index contributed by atoms with van der Waals surface area (Å²) < 4.78 is 1.75. The van der Waals surface area contributed by atoms with Crippen molar-refractivity contribution in [3.8, 4) is 0 Å². The summed E-state index contributed by atoms with van der Waals surface area (Å²) in [5.74, 6) is 1.68. The van der Waals surface area contributed by atoms with Gasteiger partial charge in [0.15, 0.2) is 11.6 Å². The molecule has 70 valence electrons. The minimum Gasteiger partial charge on any atom is -0.249 e. The van der Waals surface area contributed by atoms with E-state index in [-0.39, 0.29) is 0 Å². The zero-order chi connectivity index (χ0) is 9.84. The van der Waals surface area contributed by atoms with Gasteiger partial charge in [0.2, 0.25) is 0 Å². The maximum atomic E-state index is 4.35. The molecule has 0 aliphatic heterocycles. The third-order valence-corrected chi connectivity index (χ3v) is 1.81. The molecule has 0 saturated carbocycles. The molecule has 0 aliphatic rings. The highest BCUT2D eigenvalue weighted by atomic mass is 15.3. The number of allylic oxidation sites excluding steroid dienone is 2. The summed E-state index contributed by atoms with van der Waals surface area (Å²) in [6.07, 6.45) is 3.67. The summed E-state index contributed by atoms with van der Waals surface area (Å²) in [5, 5.41) is 4.27. The molecule has 0 saturated heterocycles. The molecular weight excluding hydrogens is 162 g/mol. The van der Waals surface area contributed by atoms with Crippen molar-refractivity contribution in [1.29, 1.82) is 0 Å². The van der Waals surface area contributed by atoms with E-state index in [0.717, 1.165) is 30.1 Å². The molecule has 1 aromatic rings. The Balaban J connectivity index is 2.95. The molecule has 0 spiro atoms. The second-order valence-corrected chi connectivity index (χ2v) is 2.95. The highest BCUT2D eigenvalue weighted by Crippen LogP contribution is 2.10. The van der Waals surface area contributed by atoms with Crippen molar-refractivity contribution in [2.24, 2.45) is 7.05 Å². The summed E-state index contributed by atoms with van der Waals surface area (Å²) in [6, 6.07) is 0. The minimum absolute atomic E-state index is 0.804. The van der Waals surface area contributed by atoms with E-state index in [1.54, 1.807) is 10.8 Å². The number of hydrogen-bond acceptors (Lipinski definition) is 2. The monoisotopic (exact) mass is 177 g/mol. The van der Waals surface area contributed by atoms with Crippen LogP contribution in [0.15, 0.2) is 19.2 Å². The summed E-state index contributed by atoms with van der Waals surface area (Å²) >= 11 is 0. The van der Waals surface area contributed by atoms with Crippen molar-refractivity contribution < 1.29 is 0 Å². The fourth-order valence-electron chi connectivity index (χ4n) is 1.14.